The van der Waals surface area contributed by atoms with Gasteiger partial charge in [-0.3, -0.25) is 0 Å². The minimum Gasteiger partial charge on any atom is -0.475 e. The van der Waals surface area contributed by atoms with E-state index in [2.05, 4.69) is 43.7 Å². The molecule has 0 aromatic carbocycles. The molecule has 0 spiro atoms. The Morgan fingerprint density at radius 3 is 2.63 bits per heavy atom. The van der Waals surface area contributed by atoms with Crippen molar-refractivity contribution in [1.29, 1.82) is 0 Å². The predicted octanol–water partition coefficient (Wildman–Crippen LogP) is 3.19. The SMILES string of the molecule is COCCOc1nc2[nH]cc(C)c2cc1C(C)(C)C. The Kier molecular flexibility index (Phi) is 3.80. The summed E-state index contributed by atoms with van der Waals surface area (Å²) in [7, 11) is 1.67. The smallest absolute Gasteiger partial charge is 0.219 e. The van der Waals surface area contributed by atoms with E-state index in [4.69, 9.17) is 9.47 Å². The van der Waals surface area contributed by atoms with Crippen LogP contribution in [0.1, 0.15) is 31.9 Å². The van der Waals surface area contributed by atoms with Crippen molar-refractivity contribution in [3.63, 3.8) is 0 Å². The van der Waals surface area contributed by atoms with E-state index in [1.54, 1.807) is 7.11 Å². The summed E-state index contributed by atoms with van der Waals surface area (Å²) in [6.45, 7) is 9.66. The third-order valence-corrected chi connectivity index (χ3v) is 3.17. The van der Waals surface area contributed by atoms with Crippen LogP contribution in [0.4, 0.5) is 0 Å². The van der Waals surface area contributed by atoms with E-state index in [0.29, 0.717) is 19.1 Å². The summed E-state index contributed by atoms with van der Waals surface area (Å²) in [5.41, 5.74) is 3.20. The molecule has 0 saturated heterocycles. The largest absolute Gasteiger partial charge is 0.475 e. The number of fused-ring (bicyclic) bond motifs is 1. The number of aromatic nitrogens is 2. The maximum atomic E-state index is 5.77. The normalized spacial score (nSPS) is 12.1. The molecule has 4 heteroatoms. The van der Waals surface area contributed by atoms with Crippen LogP contribution in [0.2, 0.25) is 0 Å². The van der Waals surface area contributed by atoms with E-state index >= 15 is 0 Å². The number of hydrogen-bond donors (Lipinski definition) is 1. The fourth-order valence-corrected chi connectivity index (χ4v) is 2.03. The summed E-state index contributed by atoms with van der Waals surface area (Å²) in [6.07, 6.45) is 1.98. The molecule has 2 aromatic rings. The Hall–Kier alpha value is -1.55. The second-order valence-corrected chi connectivity index (χ2v) is 5.80. The highest BCUT2D eigenvalue weighted by atomic mass is 16.5. The molecule has 0 aliphatic carbocycles. The lowest BCUT2D eigenvalue weighted by atomic mass is 9.87. The lowest BCUT2D eigenvalue weighted by Crippen LogP contribution is -2.16. The van der Waals surface area contributed by atoms with Crippen molar-refractivity contribution in [2.45, 2.75) is 33.1 Å². The number of ether oxygens (including phenoxy) is 2. The lowest BCUT2D eigenvalue weighted by Gasteiger charge is -2.22. The van der Waals surface area contributed by atoms with Crippen molar-refractivity contribution in [1.82, 2.24) is 9.97 Å². The average Bonchev–Trinajstić information content (AvgIpc) is 2.69. The quantitative estimate of drug-likeness (QED) is 0.861. The molecular weight excluding hydrogens is 240 g/mol. The van der Waals surface area contributed by atoms with Crippen LogP contribution in [0.3, 0.4) is 0 Å². The Balaban J connectivity index is 2.46. The average molecular weight is 262 g/mol. The van der Waals surface area contributed by atoms with Crippen molar-refractivity contribution in [3.8, 4) is 5.88 Å². The van der Waals surface area contributed by atoms with Gasteiger partial charge in [0.2, 0.25) is 5.88 Å². The maximum Gasteiger partial charge on any atom is 0.219 e. The number of methoxy groups -OCH3 is 1. The minimum atomic E-state index is -0.00664. The maximum absolute atomic E-state index is 5.77. The zero-order chi connectivity index (χ0) is 14.0. The van der Waals surface area contributed by atoms with E-state index < -0.39 is 0 Å². The van der Waals surface area contributed by atoms with Crippen molar-refractivity contribution in [2.75, 3.05) is 20.3 Å². The fourth-order valence-electron chi connectivity index (χ4n) is 2.03. The Morgan fingerprint density at radius 1 is 1.26 bits per heavy atom. The third kappa shape index (κ3) is 2.89. The van der Waals surface area contributed by atoms with Gasteiger partial charge in [-0.15, -0.1) is 0 Å². The molecule has 2 aromatic heterocycles. The summed E-state index contributed by atoms with van der Waals surface area (Å²) in [5, 5.41) is 1.16. The van der Waals surface area contributed by atoms with Gasteiger partial charge >= 0.3 is 0 Å². The highest BCUT2D eigenvalue weighted by molar-refractivity contribution is 5.81. The molecule has 0 aliphatic rings. The highest BCUT2D eigenvalue weighted by Gasteiger charge is 2.22. The number of aromatic amines is 1. The van der Waals surface area contributed by atoms with Gasteiger partial charge < -0.3 is 14.5 Å². The van der Waals surface area contributed by atoms with Crippen LogP contribution in [0.15, 0.2) is 12.3 Å². The number of nitrogens with zero attached hydrogens (tertiary/aromatic N) is 1. The third-order valence-electron chi connectivity index (χ3n) is 3.17. The van der Waals surface area contributed by atoms with Crippen LogP contribution in [-0.4, -0.2) is 30.3 Å². The summed E-state index contributed by atoms with van der Waals surface area (Å²) < 4.78 is 10.8. The van der Waals surface area contributed by atoms with E-state index in [1.165, 1.54) is 5.56 Å². The molecule has 0 fully saturated rings. The molecule has 0 radical (unpaired) electrons. The fraction of sp³-hybridized carbons (Fsp3) is 0.533. The van der Waals surface area contributed by atoms with Gasteiger partial charge in [0.1, 0.15) is 12.3 Å². The predicted molar refractivity (Wildman–Crippen MR) is 76.9 cm³/mol. The topological polar surface area (TPSA) is 47.1 Å². The van der Waals surface area contributed by atoms with E-state index in [1.807, 2.05) is 6.20 Å². The molecule has 19 heavy (non-hydrogen) atoms. The van der Waals surface area contributed by atoms with Crippen molar-refractivity contribution >= 4 is 11.0 Å². The van der Waals surface area contributed by atoms with Gasteiger partial charge in [0, 0.05) is 24.3 Å². The molecule has 4 nitrogen and oxygen atoms in total. The summed E-state index contributed by atoms with van der Waals surface area (Å²) in [5.74, 6) is 0.693. The molecule has 0 bridgehead atoms. The first-order valence-electron chi connectivity index (χ1n) is 6.54. The van der Waals surface area contributed by atoms with Gasteiger partial charge in [0.25, 0.3) is 0 Å². The molecule has 0 saturated carbocycles. The van der Waals surface area contributed by atoms with Crippen LogP contribution in [0, 0.1) is 6.92 Å². The van der Waals surface area contributed by atoms with E-state index in [0.717, 1.165) is 16.6 Å². The molecule has 1 N–H and O–H groups in total. The molecule has 2 rings (SSSR count). The highest BCUT2D eigenvalue weighted by Crippen LogP contribution is 2.33. The van der Waals surface area contributed by atoms with Crippen molar-refractivity contribution in [3.05, 3.63) is 23.4 Å². The van der Waals surface area contributed by atoms with Crippen LogP contribution in [-0.2, 0) is 10.2 Å². The molecule has 104 valence electrons. The number of aryl methyl sites for hydroxylation is 1. The molecule has 2 heterocycles. The number of rotatable bonds is 4. The summed E-state index contributed by atoms with van der Waals surface area (Å²) in [4.78, 5) is 7.78. The first-order valence-corrected chi connectivity index (χ1v) is 6.54. The van der Waals surface area contributed by atoms with Crippen molar-refractivity contribution in [2.24, 2.45) is 0 Å². The Morgan fingerprint density at radius 2 is 2.00 bits per heavy atom. The Bertz CT molecular complexity index is 567. The van der Waals surface area contributed by atoms with Crippen LogP contribution in [0.5, 0.6) is 5.88 Å². The molecule has 0 atom stereocenters. The molecular formula is C15H22N2O2. The molecule has 0 amide bonds. The second kappa shape index (κ2) is 5.21. The van der Waals surface area contributed by atoms with Gasteiger partial charge in [0.05, 0.1) is 6.61 Å². The molecule has 0 aliphatic heterocycles. The Labute approximate surface area is 114 Å². The van der Waals surface area contributed by atoms with Crippen LogP contribution >= 0.6 is 0 Å². The molecule has 0 unspecified atom stereocenters. The van der Waals surface area contributed by atoms with Gasteiger partial charge in [-0.25, -0.2) is 0 Å². The standard InChI is InChI=1S/C15H22N2O2/c1-10-9-16-13-11(10)8-12(15(2,3)4)14(17-13)19-7-6-18-5/h8-9H,6-7H2,1-5H3,(H,16,17). The first-order chi connectivity index (χ1) is 8.93. The van der Waals surface area contributed by atoms with Gasteiger partial charge in [-0.1, -0.05) is 20.8 Å². The minimum absolute atomic E-state index is 0.00664. The van der Waals surface area contributed by atoms with Gasteiger partial charge in [-0.2, -0.15) is 4.98 Å². The number of pyridine rings is 1. The first kappa shape index (κ1) is 13.9. The number of H-pyrrole nitrogens is 1. The zero-order valence-electron chi connectivity index (χ0n) is 12.3. The summed E-state index contributed by atoms with van der Waals surface area (Å²) >= 11 is 0. The van der Waals surface area contributed by atoms with E-state index in [9.17, 15) is 0 Å². The van der Waals surface area contributed by atoms with E-state index in [-0.39, 0.29) is 5.41 Å². The van der Waals surface area contributed by atoms with Crippen molar-refractivity contribution < 1.29 is 9.47 Å². The number of nitrogens with one attached hydrogen (secondary N) is 1. The lowest BCUT2D eigenvalue weighted by molar-refractivity contribution is 0.142. The summed E-state index contributed by atoms with van der Waals surface area (Å²) in [6, 6.07) is 2.18. The number of hydrogen-bond acceptors (Lipinski definition) is 3. The van der Waals surface area contributed by atoms with Gasteiger partial charge in [-0.05, 0) is 24.0 Å². The van der Waals surface area contributed by atoms with Crippen LogP contribution in [0.25, 0.3) is 11.0 Å². The van der Waals surface area contributed by atoms with Crippen LogP contribution < -0.4 is 4.74 Å². The second-order valence-electron chi connectivity index (χ2n) is 5.80. The van der Waals surface area contributed by atoms with Gasteiger partial charge in [0.15, 0.2) is 0 Å². The zero-order valence-corrected chi connectivity index (χ0v) is 12.3. The monoisotopic (exact) mass is 262 g/mol.